The van der Waals surface area contributed by atoms with Crippen LogP contribution in [0.25, 0.3) is 0 Å². The van der Waals surface area contributed by atoms with Gasteiger partial charge in [-0.15, -0.1) is 0 Å². The molecular formula is C11H14N2O3S. The predicted molar refractivity (Wildman–Crippen MR) is 67.3 cm³/mol. The van der Waals surface area contributed by atoms with Crippen molar-refractivity contribution >= 4 is 22.7 Å². The van der Waals surface area contributed by atoms with Gasteiger partial charge in [0.05, 0.1) is 4.92 Å². The first-order valence-electron chi connectivity index (χ1n) is 5.29. The van der Waals surface area contributed by atoms with Gasteiger partial charge in [-0.1, -0.05) is 0 Å². The number of nitro groups is 1. The van der Waals surface area contributed by atoms with Crippen molar-refractivity contribution in [2.45, 2.75) is 18.7 Å². The zero-order chi connectivity index (χ0) is 12.8. The molecule has 0 aromatic heterocycles. The summed E-state index contributed by atoms with van der Waals surface area (Å²) in [4.78, 5) is 24.2. The standard InChI is InChI=1S/C11H14N2O3S/c1-3-12(4-2)11(14)17-10-7-5-9(6-8-10)13(15)16/h5-8H,3-4H2,1-2H3. The molecule has 0 bridgehead atoms. The number of carbonyl (C=O) groups is 1. The molecule has 1 rings (SSSR count). The second kappa shape index (κ2) is 6.24. The third kappa shape index (κ3) is 3.74. The van der Waals surface area contributed by atoms with E-state index in [1.54, 1.807) is 17.0 Å². The summed E-state index contributed by atoms with van der Waals surface area (Å²) >= 11 is 1.09. The normalized spacial score (nSPS) is 10.0. The Morgan fingerprint density at radius 2 is 1.82 bits per heavy atom. The number of amides is 1. The molecule has 0 N–H and O–H groups in total. The number of benzene rings is 1. The average Bonchev–Trinajstić information content (AvgIpc) is 2.31. The lowest BCUT2D eigenvalue weighted by Crippen LogP contribution is -2.26. The van der Waals surface area contributed by atoms with Gasteiger partial charge in [0, 0.05) is 30.1 Å². The van der Waals surface area contributed by atoms with Crippen molar-refractivity contribution in [3.63, 3.8) is 0 Å². The summed E-state index contributed by atoms with van der Waals surface area (Å²) in [5, 5.41) is 10.4. The van der Waals surface area contributed by atoms with Gasteiger partial charge in [0.15, 0.2) is 0 Å². The molecule has 6 heteroatoms. The molecule has 17 heavy (non-hydrogen) atoms. The highest BCUT2D eigenvalue weighted by atomic mass is 32.2. The molecule has 0 aliphatic carbocycles. The first-order valence-corrected chi connectivity index (χ1v) is 6.11. The van der Waals surface area contributed by atoms with Crippen LogP contribution < -0.4 is 0 Å². The van der Waals surface area contributed by atoms with E-state index in [0.717, 1.165) is 11.8 Å². The van der Waals surface area contributed by atoms with Crippen molar-refractivity contribution in [2.75, 3.05) is 13.1 Å². The molecule has 0 fully saturated rings. The number of rotatable bonds is 4. The molecule has 1 aromatic carbocycles. The van der Waals surface area contributed by atoms with Crippen LogP contribution in [0.15, 0.2) is 29.2 Å². The molecule has 1 aromatic rings. The second-order valence-corrected chi connectivity index (χ2v) is 4.32. The predicted octanol–water partition coefficient (Wildman–Crippen LogP) is 3.15. The Balaban J connectivity index is 2.69. The Labute approximate surface area is 104 Å². The molecule has 0 atom stereocenters. The van der Waals surface area contributed by atoms with Gasteiger partial charge in [-0.25, -0.2) is 0 Å². The summed E-state index contributed by atoms with van der Waals surface area (Å²) in [6.45, 7) is 5.15. The van der Waals surface area contributed by atoms with Crippen LogP contribution in [0.5, 0.6) is 0 Å². The molecule has 92 valence electrons. The van der Waals surface area contributed by atoms with Crippen molar-refractivity contribution < 1.29 is 9.72 Å². The number of hydrogen-bond donors (Lipinski definition) is 0. The highest BCUT2D eigenvalue weighted by Crippen LogP contribution is 2.23. The third-order valence-electron chi connectivity index (χ3n) is 2.27. The largest absolute Gasteiger partial charge is 0.334 e. The van der Waals surface area contributed by atoms with E-state index in [1.165, 1.54) is 12.1 Å². The van der Waals surface area contributed by atoms with E-state index in [0.29, 0.717) is 18.0 Å². The molecule has 5 nitrogen and oxygen atoms in total. The summed E-state index contributed by atoms with van der Waals surface area (Å²) in [6, 6.07) is 5.98. The fourth-order valence-corrected chi connectivity index (χ4v) is 2.14. The highest BCUT2D eigenvalue weighted by molar-refractivity contribution is 8.13. The van der Waals surface area contributed by atoms with E-state index >= 15 is 0 Å². The van der Waals surface area contributed by atoms with Crippen LogP contribution in [0.1, 0.15) is 13.8 Å². The summed E-state index contributed by atoms with van der Waals surface area (Å²) in [6.07, 6.45) is 0. The highest BCUT2D eigenvalue weighted by Gasteiger charge is 2.12. The molecule has 0 saturated heterocycles. The van der Waals surface area contributed by atoms with E-state index in [2.05, 4.69) is 0 Å². The molecule has 0 aliphatic rings. The molecule has 0 heterocycles. The van der Waals surface area contributed by atoms with Crippen molar-refractivity contribution in [1.29, 1.82) is 0 Å². The lowest BCUT2D eigenvalue weighted by Gasteiger charge is -2.17. The number of nitro benzene ring substituents is 1. The summed E-state index contributed by atoms with van der Waals surface area (Å²) in [5.74, 6) is 0. The molecule has 0 aliphatic heterocycles. The quantitative estimate of drug-likeness (QED) is 0.470. The van der Waals surface area contributed by atoms with Gasteiger partial charge in [-0.3, -0.25) is 14.9 Å². The Kier molecular flexibility index (Phi) is 4.96. The zero-order valence-electron chi connectivity index (χ0n) is 9.75. The fourth-order valence-electron chi connectivity index (χ4n) is 1.28. The number of nitrogens with zero attached hydrogens (tertiary/aromatic N) is 2. The van der Waals surface area contributed by atoms with E-state index < -0.39 is 4.92 Å². The smallest absolute Gasteiger partial charge is 0.286 e. The third-order valence-corrected chi connectivity index (χ3v) is 3.22. The minimum absolute atomic E-state index is 0.0321. The van der Waals surface area contributed by atoms with Gasteiger partial charge in [-0.2, -0.15) is 0 Å². The molecule has 0 unspecified atom stereocenters. The SMILES string of the molecule is CCN(CC)C(=O)Sc1ccc([N+](=O)[O-])cc1. The number of non-ortho nitro benzene ring substituents is 1. The Bertz CT molecular complexity index is 402. The van der Waals surface area contributed by atoms with Crippen molar-refractivity contribution in [3.05, 3.63) is 34.4 Å². The van der Waals surface area contributed by atoms with Crippen LogP contribution in [-0.4, -0.2) is 28.2 Å². The van der Waals surface area contributed by atoms with Crippen LogP contribution in [0.2, 0.25) is 0 Å². The van der Waals surface area contributed by atoms with Crippen LogP contribution in [-0.2, 0) is 0 Å². The van der Waals surface area contributed by atoms with E-state index in [4.69, 9.17) is 0 Å². The maximum absolute atomic E-state index is 11.7. The first-order chi connectivity index (χ1) is 8.08. The van der Waals surface area contributed by atoms with Crippen molar-refractivity contribution in [2.24, 2.45) is 0 Å². The maximum Gasteiger partial charge on any atom is 0.286 e. The Morgan fingerprint density at radius 3 is 2.24 bits per heavy atom. The van der Waals surface area contributed by atoms with E-state index in [-0.39, 0.29) is 10.9 Å². The molecule has 1 amide bonds. The minimum Gasteiger partial charge on any atom is -0.334 e. The first kappa shape index (κ1) is 13.5. The minimum atomic E-state index is -0.458. The maximum atomic E-state index is 11.7. The van der Waals surface area contributed by atoms with Gasteiger partial charge in [0.25, 0.3) is 10.9 Å². The molecule has 0 spiro atoms. The van der Waals surface area contributed by atoms with Crippen LogP contribution >= 0.6 is 11.8 Å². The molecular weight excluding hydrogens is 240 g/mol. The average molecular weight is 254 g/mol. The Hall–Kier alpha value is -1.56. The summed E-state index contributed by atoms with van der Waals surface area (Å²) < 4.78 is 0. The van der Waals surface area contributed by atoms with Gasteiger partial charge in [0.2, 0.25) is 0 Å². The fraction of sp³-hybridized carbons (Fsp3) is 0.364. The molecule has 0 radical (unpaired) electrons. The van der Waals surface area contributed by atoms with E-state index in [9.17, 15) is 14.9 Å². The number of hydrogen-bond acceptors (Lipinski definition) is 4. The van der Waals surface area contributed by atoms with Crippen molar-refractivity contribution in [3.8, 4) is 0 Å². The number of thioether (sulfide) groups is 1. The van der Waals surface area contributed by atoms with Crippen LogP contribution in [0, 0.1) is 10.1 Å². The van der Waals surface area contributed by atoms with Crippen LogP contribution in [0.4, 0.5) is 10.5 Å². The lowest BCUT2D eigenvalue weighted by atomic mass is 10.3. The van der Waals surface area contributed by atoms with Gasteiger partial charge in [0.1, 0.15) is 0 Å². The van der Waals surface area contributed by atoms with Crippen LogP contribution in [0.3, 0.4) is 0 Å². The van der Waals surface area contributed by atoms with Crippen molar-refractivity contribution in [1.82, 2.24) is 4.90 Å². The van der Waals surface area contributed by atoms with E-state index in [1.807, 2.05) is 13.8 Å². The zero-order valence-corrected chi connectivity index (χ0v) is 10.6. The monoisotopic (exact) mass is 254 g/mol. The van der Waals surface area contributed by atoms with Gasteiger partial charge < -0.3 is 4.90 Å². The topological polar surface area (TPSA) is 63.5 Å². The lowest BCUT2D eigenvalue weighted by molar-refractivity contribution is -0.384. The molecule has 0 saturated carbocycles. The summed E-state index contributed by atoms with van der Waals surface area (Å²) in [5.41, 5.74) is 0.0321. The number of carbonyl (C=O) groups excluding carboxylic acids is 1. The van der Waals surface area contributed by atoms with Gasteiger partial charge in [-0.05, 0) is 37.7 Å². The summed E-state index contributed by atoms with van der Waals surface area (Å²) in [7, 11) is 0. The Morgan fingerprint density at radius 1 is 1.29 bits per heavy atom. The van der Waals surface area contributed by atoms with Gasteiger partial charge >= 0.3 is 0 Å². The second-order valence-electron chi connectivity index (χ2n) is 3.29.